The third-order valence-corrected chi connectivity index (χ3v) is 5.36. The van der Waals surface area contributed by atoms with Crippen molar-refractivity contribution in [3.8, 4) is 11.5 Å². The Bertz CT molecular complexity index is 570. The lowest BCUT2D eigenvalue weighted by Crippen LogP contribution is -2.23. The molecule has 1 atom stereocenters. The van der Waals surface area contributed by atoms with E-state index in [1.54, 1.807) is 0 Å². The molecule has 1 aromatic rings. The fourth-order valence-corrected chi connectivity index (χ4v) is 4.37. The van der Waals surface area contributed by atoms with Gasteiger partial charge in [-0.2, -0.15) is 0 Å². The third-order valence-electron chi connectivity index (χ3n) is 3.53. The van der Waals surface area contributed by atoms with Gasteiger partial charge in [0.1, 0.15) is 0 Å². The number of ether oxygens (including phenoxy) is 2. The smallest absolute Gasteiger partial charge is 0.231 e. The Morgan fingerprint density at radius 1 is 1.26 bits per heavy atom. The number of rotatable bonds is 4. The molecule has 1 aromatic carbocycles. The molecule has 2 aliphatic rings. The summed E-state index contributed by atoms with van der Waals surface area (Å²) in [4.78, 5) is 0. The van der Waals surface area contributed by atoms with Gasteiger partial charge in [-0.3, -0.25) is 0 Å². The highest BCUT2D eigenvalue weighted by atomic mass is 32.2. The third kappa shape index (κ3) is 3.01. The van der Waals surface area contributed by atoms with E-state index in [2.05, 4.69) is 5.32 Å². The molecule has 0 amide bonds. The SMILES string of the molecule is O=S1(=O)CCC(CNCc2ccc3c(c2)OCO3)C1. The molecule has 6 heteroatoms. The Hall–Kier alpha value is -1.27. The van der Waals surface area contributed by atoms with E-state index in [4.69, 9.17) is 9.47 Å². The van der Waals surface area contributed by atoms with E-state index >= 15 is 0 Å². The van der Waals surface area contributed by atoms with Gasteiger partial charge in [0, 0.05) is 6.54 Å². The summed E-state index contributed by atoms with van der Waals surface area (Å²) in [6, 6.07) is 5.85. The molecular formula is C13H17NO4S. The standard InChI is InChI=1S/C13H17NO4S/c15-19(16)4-3-11(8-19)7-14-6-10-1-2-12-13(5-10)18-9-17-12/h1-2,5,11,14H,3-4,6-9H2. The lowest BCUT2D eigenvalue weighted by atomic mass is 10.1. The Balaban J connectivity index is 1.50. The van der Waals surface area contributed by atoms with Crippen LogP contribution >= 0.6 is 0 Å². The number of fused-ring (bicyclic) bond motifs is 1. The first-order valence-corrected chi connectivity index (χ1v) is 8.24. The minimum Gasteiger partial charge on any atom is -0.454 e. The molecule has 19 heavy (non-hydrogen) atoms. The molecule has 3 rings (SSSR count). The van der Waals surface area contributed by atoms with Crippen molar-refractivity contribution in [3.05, 3.63) is 23.8 Å². The van der Waals surface area contributed by atoms with Gasteiger partial charge < -0.3 is 14.8 Å². The molecule has 0 bridgehead atoms. The summed E-state index contributed by atoms with van der Waals surface area (Å²) in [5.41, 5.74) is 1.12. The van der Waals surface area contributed by atoms with Crippen LogP contribution < -0.4 is 14.8 Å². The van der Waals surface area contributed by atoms with Crippen molar-refractivity contribution in [3.63, 3.8) is 0 Å². The maximum atomic E-state index is 11.3. The molecule has 0 saturated carbocycles. The number of hydrogen-bond donors (Lipinski definition) is 1. The molecular weight excluding hydrogens is 266 g/mol. The largest absolute Gasteiger partial charge is 0.454 e. The number of nitrogens with one attached hydrogen (secondary N) is 1. The van der Waals surface area contributed by atoms with Crippen LogP contribution in [-0.4, -0.2) is 33.3 Å². The van der Waals surface area contributed by atoms with Crippen LogP contribution in [-0.2, 0) is 16.4 Å². The normalized spacial score (nSPS) is 23.7. The zero-order valence-electron chi connectivity index (χ0n) is 10.6. The maximum absolute atomic E-state index is 11.3. The molecule has 1 saturated heterocycles. The minimum atomic E-state index is -2.78. The first-order chi connectivity index (χ1) is 9.12. The Labute approximate surface area is 112 Å². The molecule has 0 aliphatic carbocycles. The van der Waals surface area contributed by atoms with E-state index in [1.165, 1.54) is 0 Å². The van der Waals surface area contributed by atoms with Crippen LogP contribution in [0.4, 0.5) is 0 Å². The van der Waals surface area contributed by atoms with E-state index in [1.807, 2.05) is 18.2 Å². The Morgan fingerprint density at radius 3 is 2.89 bits per heavy atom. The molecule has 0 spiro atoms. The maximum Gasteiger partial charge on any atom is 0.231 e. The van der Waals surface area contributed by atoms with Crippen molar-refractivity contribution in [2.45, 2.75) is 13.0 Å². The number of hydrogen-bond acceptors (Lipinski definition) is 5. The van der Waals surface area contributed by atoms with Crippen LogP contribution in [0.2, 0.25) is 0 Å². The molecule has 0 aromatic heterocycles. The highest BCUT2D eigenvalue weighted by Crippen LogP contribution is 2.32. The van der Waals surface area contributed by atoms with Gasteiger partial charge in [0.25, 0.3) is 0 Å². The topological polar surface area (TPSA) is 64.6 Å². The first-order valence-electron chi connectivity index (χ1n) is 6.42. The van der Waals surface area contributed by atoms with Crippen molar-refractivity contribution in [1.29, 1.82) is 0 Å². The second kappa shape index (κ2) is 5.02. The van der Waals surface area contributed by atoms with Crippen LogP contribution in [0.3, 0.4) is 0 Å². The number of sulfone groups is 1. The van der Waals surface area contributed by atoms with Crippen LogP contribution in [0.25, 0.3) is 0 Å². The number of benzene rings is 1. The highest BCUT2D eigenvalue weighted by molar-refractivity contribution is 7.91. The predicted molar refractivity (Wildman–Crippen MR) is 71.0 cm³/mol. The van der Waals surface area contributed by atoms with Gasteiger partial charge in [-0.05, 0) is 36.6 Å². The predicted octanol–water partition coefficient (Wildman–Crippen LogP) is 0.940. The van der Waals surface area contributed by atoms with Crippen molar-refractivity contribution in [2.24, 2.45) is 5.92 Å². The van der Waals surface area contributed by atoms with E-state index in [9.17, 15) is 8.42 Å². The van der Waals surface area contributed by atoms with E-state index < -0.39 is 9.84 Å². The summed E-state index contributed by atoms with van der Waals surface area (Å²) in [6.45, 7) is 1.74. The summed E-state index contributed by atoms with van der Waals surface area (Å²) >= 11 is 0. The van der Waals surface area contributed by atoms with Gasteiger partial charge in [0.05, 0.1) is 11.5 Å². The molecule has 104 valence electrons. The Morgan fingerprint density at radius 2 is 2.11 bits per heavy atom. The molecule has 5 nitrogen and oxygen atoms in total. The van der Waals surface area contributed by atoms with Gasteiger partial charge in [0.15, 0.2) is 21.3 Å². The fourth-order valence-electron chi connectivity index (χ4n) is 2.50. The van der Waals surface area contributed by atoms with E-state index in [0.717, 1.165) is 30.0 Å². The second-order valence-electron chi connectivity index (χ2n) is 5.09. The lowest BCUT2D eigenvalue weighted by molar-refractivity contribution is 0.174. The summed E-state index contributed by atoms with van der Waals surface area (Å²) < 4.78 is 33.3. The van der Waals surface area contributed by atoms with E-state index in [0.29, 0.717) is 18.1 Å². The first kappa shape index (κ1) is 12.7. The molecule has 1 fully saturated rings. The molecule has 1 unspecified atom stereocenters. The van der Waals surface area contributed by atoms with Crippen molar-refractivity contribution >= 4 is 9.84 Å². The van der Waals surface area contributed by atoms with Crippen molar-refractivity contribution in [1.82, 2.24) is 5.32 Å². The summed E-state index contributed by atoms with van der Waals surface area (Å²) in [6.07, 6.45) is 0.774. The van der Waals surface area contributed by atoms with Gasteiger partial charge in [-0.1, -0.05) is 6.07 Å². The van der Waals surface area contributed by atoms with Gasteiger partial charge in [-0.25, -0.2) is 8.42 Å². The summed E-state index contributed by atoms with van der Waals surface area (Å²) in [5.74, 6) is 2.47. The average molecular weight is 283 g/mol. The highest BCUT2D eigenvalue weighted by Gasteiger charge is 2.27. The van der Waals surface area contributed by atoms with Gasteiger partial charge in [0.2, 0.25) is 6.79 Å². The van der Waals surface area contributed by atoms with E-state index in [-0.39, 0.29) is 12.7 Å². The monoisotopic (exact) mass is 283 g/mol. The average Bonchev–Trinajstić information content (AvgIpc) is 2.95. The van der Waals surface area contributed by atoms with Crippen LogP contribution in [0.5, 0.6) is 11.5 Å². The van der Waals surface area contributed by atoms with Crippen molar-refractivity contribution in [2.75, 3.05) is 24.8 Å². The van der Waals surface area contributed by atoms with Crippen LogP contribution in [0, 0.1) is 5.92 Å². The summed E-state index contributed by atoms with van der Waals surface area (Å²) in [5, 5.41) is 3.31. The molecule has 2 heterocycles. The zero-order chi connectivity index (χ0) is 13.3. The van der Waals surface area contributed by atoms with Gasteiger partial charge >= 0.3 is 0 Å². The fraction of sp³-hybridized carbons (Fsp3) is 0.538. The molecule has 2 aliphatic heterocycles. The quantitative estimate of drug-likeness (QED) is 0.891. The molecule has 0 radical (unpaired) electrons. The second-order valence-corrected chi connectivity index (χ2v) is 7.32. The van der Waals surface area contributed by atoms with Gasteiger partial charge in [-0.15, -0.1) is 0 Å². The Kier molecular flexibility index (Phi) is 3.36. The van der Waals surface area contributed by atoms with Crippen LogP contribution in [0.15, 0.2) is 18.2 Å². The van der Waals surface area contributed by atoms with Crippen LogP contribution in [0.1, 0.15) is 12.0 Å². The molecule has 1 N–H and O–H groups in total. The lowest BCUT2D eigenvalue weighted by Gasteiger charge is -2.09. The van der Waals surface area contributed by atoms with Crippen molar-refractivity contribution < 1.29 is 17.9 Å². The zero-order valence-corrected chi connectivity index (χ0v) is 11.4. The summed E-state index contributed by atoms with van der Waals surface area (Å²) in [7, 11) is -2.78. The minimum absolute atomic E-state index is 0.249.